The van der Waals surface area contributed by atoms with E-state index in [-0.39, 0.29) is 4.47 Å². The normalized spacial score (nSPS) is 12.6. The Morgan fingerprint density at radius 2 is 1.68 bits per heavy atom. The van der Waals surface area contributed by atoms with Crippen LogP contribution in [0.25, 0.3) is 0 Å². The molecule has 1 amide bonds. The number of nitrogens with two attached hydrogens (primary N) is 1. The van der Waals surface area contributed by atoms with Crippen LogP contribution >= 0.6 is 15.9 Å². The Kier molecular flexibility index (Phi) is 7.35. The summed E-state index contributed by atoms with van der Waals surface area (Å²) in [7, 11) is -9.17. The Morgan fingerprint density at radius 3 is 2.23 bits per heavy atom. The lowest BCUT2D eigenvalue weighted by Gasteiger charge is -2.17. The number of primary sulfonamides is 1. The van der Waals surface area contributed by atoms with Crippen LogP contribution in [0.4, 0.5) is 17.6 Å². The van der Waals surface area contributed by atoms with E-state index in [1.165, 1.54) is 12.1 Å². The number of hydrogen-bond donors (Lipinski definition) is 2. The average molecular weight is 549 g/mol. The summed E-state index contributed by atoms with van der Waals surface area (Å²) >= 11 is 2.93. The van der Waals surface area contributed by atoms with Gasteiger partial charge in [-0.15, -0.1) is 0 Å². The van der Waals surface area contributed by atoms with Gasteiger partial charge in [0.05, 0.1) is 4.47 Å². The number of ether oxygens (including phenoxy) is 1. The molecule has 0 aliphatic heterocycles. The summed E-state index contributed by atoms with van der Waals surface area (Å²) in [6.07, 6.45) is -3.98. The molecule has 0 saturated heterocycles. The maximum atomic E-state index is 13.1. The first-order valence-electron chi connectivity index (χ1n) is 7.92. The van der Waals surface area contributed by atoms with Gasteiger partial charge in [0.25, 0.3) is 15.9 Å². The second kappa shape index (κ2) is 9.10. The first-order chi connectivity index (χ1) is 14.1. The standard InChI is InChI=1S/C16H13BrF4N2O6S2/c17-10-6-5-9(7-11(10)29-8-16(20,21)15(18)19)14(24)23-31(27,28)13-4-2-1-3-12(13)30(22,25)26/h1-7,15H,8H2,(H,23,24)(H2,22,25,26). The number of rotatable bonds is 8. The van der Waals surface area contributed by atoms with E-state index in [1.807, 2.05) is 0 Å². The minimum atomic E-state index is -4.72. The number of nitrogens with one attached hydrogen (secondary N) is 1. The average Bonchev–Trinajstić information content (AvgIpc) is 2.66. The fraction of sp³-hybridized carbons (Fsp3) is 0.188. The summed E-state index contributed by atoms with van der Waals surface area (Å²) in [4.78, 5) is 10.8. The summed E-state index contributed by atoms with van der Waals surface area (Å²) in [6.45, 7) is -1.70. The number of hydrogen-bond acceptors (Lipinski definition) is 6. The van der Waals surface area contributed by atoms with Gasteiger partial charge in [-0.05, 0) is 46.3 Å². The molecule has 8 nitrogen and oxygen atoms in total. The number of sulfonamides is 2. The molecule has 31 heavy (non-hydrogen) atoms. The van der Waals surface area contributed by atoms with Crippen LogP contribution in [-0.4, -0.2) is 41.7 Å². The maximum absolute atomic E-state index is 13.1. The molecule has 2 aromatic carbocycles. The third-order valence-corrected chi connectivity index (χ3v) is 6.75. The van der Waals surface area contributed by atoms with Gasteiger partial charge in [-0.25, -0.2) is 35.5 Å². The predicted octanol–water partition coefficient (Wildman–Crippen LogP) is 2.49. The second-order valence-corrected chi connectivity index (χ2v) is 9.96. The molecule has 0 heterocycles. The quantitative estimate of drug-likeness (QED) is 0.487. The summed E-state index contributed by atoms with van der Waals surface area (Å²) in [5.74, 6) is -6.17. The number of benzene rings is 2. The highest BCUT2D eigenvalue weighted by Gasteiger charge is 2.42. The highest BCUT2D eigenvalue weighted by Crippen LogP contribution is 2.30. The molecular weight excluding hydrogens is 536 g/mol. The van der Waals surface area contributed by atoms with E-state index in [0.717, 1.165) is 30.3 Å². The first-order valence-corrected chi connectivity index (χ1v) is 11.7. The van der Waals surface area contributed by atoms with E-state index in [1.54, 1.807) is 4.72 Å². The smallest absolute Gasteiger partial charge is 0.340 e. The van der Waals surface area contributed by atoms with Crippen LogP contribution < -0.4 is 14.6 Å². The van der Waals surface area contributed by atoms with Crippen molar-refractivity contribution in [3.05, 3.63) is 52.5 Å². The van der Waals surface area contributed by atoms with E-state index in [4.69, 9.17) is 5.14 Å². The zero-order valence-corrected chi connectivity index (χ0v) is 18.3. The fourth-order valence-electron chi connectivity index (χ4n) is 2.14. The molecular formula is C16H13BrF4N2O6S2. The first kappa shape index (κ1) is 25.0. The lowest BCUT2D eigenvalue weighted by Crippen LogP contribution is -2.34. The van der Waals surface area contributed by atoms with Crippen molar-refractivity contribution in [2.75, 3.05) is 6.61 Å². The molecule has 0 saturated carbocycles. The van der Waals surface area contributed by atoms with Gasteiger partial charge in [-0.2, -0.15) is 8.78 Å². The number of carbonyl (C=O) groups is 1. The van der Waals surface area contributed by atoms with Crippen molar-refractivity contribution >= 4 is 41.9 Å². The van der Waals surface area contributed by atoms with Crippen molar-refractivity contribution in [3.8, 4) is 5.75 Å². The van der Waals surface area contributed by atoms with E-state index in [2.05, 4.69) is 20.7 Å². The fourth-order valence-corrected chi connectivity index (χ4v) is 4.85. The van der Waals surface area contributed by atoms with Crippen molar-refractivity contribution in [1.82, 2.24) is 4.72 Å². The van der Waals surface area contributed by atoms with Crippen molar-refractivity contribution in [2.45, 2.75) is 22.1 Å². The lowest BCUT2D eigenvalue weighted by molar-refractivity contribution is -0.148. The Hall–Kier alpha value is -2.23. The maximum Gasteiger partial charge on any atom is 0.340 e. The van der Waals surface area contributed by atoms with Crippen molar-refractivity contribution in [2.24, 2.45) is 5.14 Å². The van der Waals surface area contributed by atoms with Gasteiger partial charge in [0.1, 0.15) is 15.5 Å². The van der Waals surface area contributed by atoms with E-state index in [9.17, 15) is 39.2 Å². The largest absolute Gasteiger partial charge is 0.486 e. The molecule has 0 atom stereocenters. The summed E-state index contributed by atoms with van der Waals surface area (Å²) in [5.41, 5.74) is -0.407. The molecule has 0 spiro atoms. The Balaban J connectivity index is 2.31. The van der Waals surface area contributed by atoms with Gasteiger partial charge >= 0.3 is 12.3 Å². The zero-order valence-electron chi connectivity index (χ0n) is 15.1. The number of alkyl halides is 4. The number of amides is 1. The Morgan fingerprint density at radius 1 is 1.10 bits per heavy atom. The molecule has 0 aromatic heterocycles. The van der Waals surface area contributed by atoms with Gasteiger partial charge in [0.15, 0.2) is 6.61 Å². The molecule has 0 unspecified atom stereocenters. The van der Waals surface area contributed by atoms with Gasteiger partial charge in [0.2, 0.25) is 10.0 Å². The molecule has 0 radical (unpaired) electrons. The van der Waals surface area contributed by atoms with Crippen LogP contribution in [0.5, 0.6) is 5.75 Å². The molecule has 0 bridgehead atoms. The highest BCUT2D eigenvalue weighted by molar-refractivity contribution is 9.10. The minimum Gasteiger partial charge on any atom is -0.486 e. The van der Waals surface area contributed by atoms with Crippen LogP contribution in [0.15, 0.2) is 56.7 Å². The van der Waals surface area contributed by atoms with Crippen LogP contribution in [0.1, 0.15) is 10.4 Å². The van der Waals surface area contributed by atoms with Gasteiger partial charge < -0.3 is 4.74 Å². The van der Waals surface area contributed by atoms with E-state index < -0.39 is 66.0 Å². The molecule has 170 valence electrons. The van der Waals surface area contributed by atoms with Crippen LogP contribution in [0, 0.1) is 0 Å². The van der Waals surface area contributed by atoms with Gasteiger partial charge in [-0.1, -0.05) is 12.1 Å². The third kappa shape index (κ3) is 6.15. The third-order valence-electron chi connectivity index (χ3n) is 3.61. The second-order valence-electron chi connectivity index (χ2n) is 5.92. The van der Waals surface area contributed by atoms with Gasteiger partial charge in [0, 0.05) is 5.56 Å². The molecule has 15 heteroatoms. The topological polar surface area (TPSA) is 133 Å². The van der Waals surface area contributed by atoms with Gasteiger partial charge in [-0.3, -0.25) is 4.79 Å². The molecule has 0 aliphatic rings. The highest BCUT2D eigenvalue weighted by atomic mass is 79.9. The number of carbonyl (C=O) groups excluding carboxylic acids is 1. The van der Waals surface area contributed by atoms with Crippen molar-refractivity contribution in [3.63, 3.8) is 0 Å². The van der Waals surface area contributed by atoms with E-state index in [0.29, 0.717) is 0 Å². The van der Waals surface area contributed by atoms with Crippen LogP contribution in [0.2, 0.25) is 0 Å². The van der Waals surface area contributed by atoms with Crippen molar-refractivity contribution in [1.29, 1.82) is 0 Å². The predicted molar refractivity (Wildman–Crippen MR) is 103 cm³/mol. The molecule has 3 N–H and O–H groups in total. The minimum absolute atomic E-state index is 0.0246. The SMILES string of the molecule is NS(=O)(=O)c1ccccc1S(=O)(=O)NC(=O)c1ccc(Br)c(OCC(F)(F)C(F)F)c1. The van der Waals surface area contributed by atoms with Crippen LogP contribution in [-0.2, 0) is 20.0 Å². The molecule has 0 fully saturated rings. The molecule has 2 rings (SSSR count). The van der Waals surface area contributed by atoms with Crippen LogP contribution in [0.3, 0.4) is 0 Å². The summed E-state index contributed by atoms with van der Waals surface area (Å²) in [5, 5.41) is 4.98. The lowest BCUT2D eigenvalue weighted by atomic mass is 10.2. The summed E-state index contributed by atoms with van der Waals surface area (Å²) in [6, 6.07) is 7.29. The number of halogens is 5. The van der Waals surface area contributed by atoms with Crippen molar-refractivity contribution < 1.29 is 43.9 Å². The Bertz CT molecular complexity index is 1210. The Labute approximate surface area is 182 Å². The molecule has 2 aromatic rings. The van der Waals surface area contributed by atoms with E-state index >= 15 is 0 Å². The zero-order chi connectivity index (χ0) is 23.6. The summed E-state index contributed by atoms with van der Waals surface area (Å²) < 4.78 is 105. The monoisotopic (exact) mass is 548 g/mol. The molecule has 0 aliphatic carbocycles.